The van der Waals surface area contributed by atoms with Crippen molar-refractivity contribution < 1.29 is 9.59 Å². The van der Waals surface area contributed by atoms with Crippen molar-refractivity contribution >= 4 is 45.0 Å². The molecular formula is C15H12BrClN2O2. The lowest BCUT2D eigenvalue weighted by Crippen LogP contribution is -2.14. The molecule has 0 heterocycles. The fourth-order valence-corrected chi connectivity index (χ4v) is 2.66. The number of benzene rings is 2. The Morgan fingerprint density at radius 1 is 1.14 bits per heavy atom. The van der Waals surface area contributed by atoms with Gasteiger partial charge >= 0.3 is 0 Å². The van der Waals surface area contributed by atoms with Gasteiger partial charge < -0.3 is 11.1 Å². The van der Waals surface area contributed by atoms with Crippen molar-refractivity contribution in [2.45, 2.75) is 6.42 Å². The van der Waals surface area contributed by atoms with Gasteiger partial charge in [0.2, 0.25) is 5.91 Å². The third-order valence-electron chi connectivity index (χ3n) is 2.71. The van der Waals surface area contributed by atoms with Crippen LogP contribution in [-0.4, -0.2) is 11.8 Å². The number of hydrogen-bond acceptors (Lipinski definition) is 2. The predicted molar refractivity (Wildman–Crippen MR) is 86.4 cm³/mol. The van der Waals surface area contributed by atoms with E-state index in [4.69, 9.17) is 17.3 Å². The quantitative estimate of drug-likeness (QED) is 0.869. The van der Waals surface area contributed by atoms with Gasteiger partial charge in [-0.25, -0.2) is 0 Å². The van der Waals surface area contributed by atoms with E-state index in [0.717, 1.165) is 10.0 Å². The molecule has 2 aromatic rings. The van der Waals surface area contributed by atoms with Crippen LogP contribution in [-0.2, 0) is 11.2 Å². The second-order valence-electron chi connectivity index (χ2n) is 4.45. The van der Waals surface area contributed by atoms with Gasteiger partial charge in [-0.3, -0.25) is 9.59 Å². The van der Waals surface area contributed by atoms with Gasteiger partial charge in [-0.1, -0.05) is 39.7 Å². The van der Waals surface area contributed by atoms with Gasteiger partial charge in [0.05, 0.1) is 6.42 Å². The molecular weight excluding hydrogens is 356 g/mol. The zero-order valence-electron chi connectivity index (χ0n) is 10.9. The molecule has 2 amide bonds. The minimum atomic E-state index is -0.393. The zero-order chi connectivity index (χ0) is 15.4. The number of amides is 2. The molecule has 4 nitrogen and oxygen atoms in total. The summed E-state index contributed by atoms with van der Waals surface area (Å²) in [6.45, 7) is 0. The van der Waals surface area contributed by atoms with Crippen LogP contribution in [0.5, 0.6) is 0 Å². The number of carbonyl (C=O) groups excluding carboxylic acids is 2. The Kier molecular flexibility index (Phi) is 4.98. The van der Waals surface area contributed by atoms with Crippen LogP contribution in [0, 0.1) is 0 Å². The van der Waals surface area contributed by atoms with Crippen LogP contribution >= 0.6 is 27.5 Å². The highest BCUT2D eigenvalue weighted by Crippen LogP contribution is 2.20. The van der Waals surface area contributed by atoms with Gasteiger partial charge in [-0.2, -0.15) is 0 Å². The van der Waals surface area contributed by atoms with Crippen molar-refractivity contribution in [2.24, 2.45) is 5.73 Å². The van der Waals surface area contributed by atoms with Crippen LogP contribution in [0.15, 0.2) is 46.9 Å². The standard InChI is InChI=1S/C15H12BrClN2O2/c16-11-6-10(7-12(17)8-11)15(21)19-13-3-1-9(2-4-13)5-14(18)20/h1-4,6-8H,5H2,(H2,18,20)(H,19,21). The summed E-state index contributed by atoms with van der Waals surface area (Å²) < 4.78 is 0.733. The number of carbonyl (C=O) groups is 2. The maximum Gasteiger partial charge on any atom is 0.255 e. The number of nitrogens with two attached hydrogens (primary N) is 1. The Morgan fingerprint density at radius 3 is 2.38 bits per heavy atom. The first-order valence-corrected chi connectivity index (χ1v) is 7.26. The first-order valence-electron chi connectivity index (χ1n) is 6.09. The van der Waals surface area contributed by atoms with E-state index in [9.17, 15) is 9.59 Å². The molecule has 0 aliphatic rings. The molecule has 108 valence electrons. The van der Waals surface area contributed by atoms with E-state index in [0.29, 0.717) is 16.3 Å². The van der Waals surface area contributed by atoms with E-state index in [-0.39, 0.29) is 12.3 Å². The van der Waals surface area contributed by atoms with Crippen LogP contribution in [0.25, 0.3) is 0 Å². The molecule has 21 heavy (non-hydrogen) atoms. The molecule has 2 aromatic carbocycles. The van der Waals surface area contributed by atoms with Gasteiger partial charge in [0.15, 0.2) is 0 Å². The maximum absolute atomic E-state index is 12.1. The summed E-state index contributed by atoms with van der Waals surface area (Å²) in [7, 11) is 0. The molecule has 0 radical (unpaired) electrons. The van der Waals surface area contributed by atoms with Crippen molar-refractivity contribution in [1.29, 1.82) is 0 Å². The summed E-state index contributed by atoms with van der Waals surface area (Å²) >= 11 is 9.20. The number of hydrogen-bond donors (Lipinski definition) is 2. The van der Waals surface area contributed by atoms with Crippen molar-refractivity contribution in [2.75, 3.05) is 5.32 Å². The molecule has 0 fully saturated rings. The van der Waals surface area contributed by atoms with Gasteiger partial charge in [-0.15, -0.1) is 0 Å². The zero-order valence-corrected chi connectivity index (χ0v) is 13.2. The molecule has 0 saturated carbocycles. The molecule has 6 heteroatoms. The first-order chi connectivity index (χ1) is 9.94. The van der Waals surface area contributed by atoms with E-state index in [1.165, 1.54) is 0 Å². The minimum Gasteiger partial charge on any atom is -0.369 e. The fourth-order valence-electron chi connectivity index (χ4n) is 1.80. The predicted octanol–water partition coefficient (Wildman–Crippen LogP) is 3.38. The molecule has 0 atom stereocenters. The lowest BCUT2D eigenvalue weighted by Gasteiger charge is -2.07. The average molecular weight is 368 g/mol. The Hall–Kier alpha value is -1.85. The van der Waals surface area contributed by atoms with E-state index >= 15 is 0 Å². The van der Waals surface area contributed by atoms with Gasteiger partial charge in [0.25, 0.3) is 5.91 Å². The third kappa shape index (κ3) is 4.58. The van der Waals surface area contributed by atoms with E-state index in [1.807, 2.05) is 0 Å². The van der Waals surface area contributed by atoms with E-state index in [2.05, 4.69) is 21.2 Å². The average Bonchev–Trinajstić information content (AvgIpc) is 2.39. The molecule has 0 aliphatic heterocycles. The lowest BCUT2D eigenvalue weighted by atomic mass is 10.1. The van der Waals surface area contributed by atoms with Crippen LogP contribution < -0.4 is 11.1 Å². The molecule has 2 rings (SSSR count). The summed E-state index contributed by atoms with van der Waals surface area (Å²) in [6.07, 6.45) is 0.176. The van der Waals surface area contributed by atoms with Crippen LogP contribution in [0.3, 0.4) is 0 Å². The number of anilines is 1. The number of primary amides is 1. The molecule has 0 aliphatic carbocycles. The Labute approximate surface area is 135 Å². The van der Waals surface area contributed by atoms with E-state index in [1.54, 1.807) is 42.5 Å². The second-order valence-corrected chi connectivity index (χ2v) is 5.80. The Bertz CT molecular complexity index is 666. The topological polar surface area (TPSA) is 72.2 Å². The molecule has 0 bridgehead atoms. The van der Waals surface area contributed by atoms with Crippen molar-refractivity contribution in [3.05, 3.63) is 63.1 Å². The van der Waals surface area contributed by atoms with Crippen molar-refractivity contribution in [3.63, 3.8) is 0 Å². The summed E-state index contributed by atoms with van der Waals surface area (Å²) in [5.74, 6) is -0.656. The smallest absolute Gasteiger partial charge is 0.255 e. The summed E-state index contributed by atoms with van der Waals surface area (Å²) in [6, 6.07) is 11.9. The van der Waals surface area contributed by atoms with Crippen LogP contribution in [0.4, 0.5) is 5.69 Å². The summed E-state index contributed by atoms with van der Waals surface area (Å²) in [5, 5.41) is 3.24. The van der Waals surface area contributed by atoms with Crippen LogP contribution in [0.1, 0.15) is 15.9 Å². The molecule has 0 aromatic heterocycles. The summed E-state index contributed by atoms with van der Waals surface area (Å²) in [4.78, 5) is 22.9. The number of halogens is 2. The van der Waals surface area contributed by atoms with Gasteiger partial charge in [-0.05, 0) is 35.9 Å². The van der Waals surface area contributed by atoms with Crippen molar-refractivity contribution in [1.82, 2.24) is 0 Å². The molecule has 0 spiro atoms. The highest BCUT2D eigenvalue weighted by molar-refractivity contribution is 9.10. The number of rotatable bonds is 4. The lowest BCUT2D eigenvalue weighted by molar-refractivity contribution is -0.117. The first kappa shape index (κ1) is 15.5. The SMILES string of the molecule is NC(=O)Cc1ccc(NC(=O)c2cc(Cl)cc(Br)c2)cc1. The summed E-state index contributed by atoms with van der Waals surface area (Å²) in [5.41, 5.74) is 7.00. The van der Waals surface area contributed by atoms with Crippen LogP contribution in [0.2, 0.25) is 5.02 Å². The number of nitrogens with one attached hydrogen (secondary N) is 1. The highest BCUT2D eigenvalue weighted by Gasteiger charge is 2.08. The largest absolute Gasteiger partial charge is 0.369 e. The molecule has 0 saturated heterocycles. The third-order valence-corrected chi connectivity index (χ3v) is 3.39. The Balaban J connectivity index is 2.10. The minimum absolute atomic E-state index is 0.176. The normalized spacial score (nSPS) is 10.2. The molecule has 0 unspecified atom stereocenters. The maximum atomic E-state index is 12.1. The van der Waals surface area contributed by atoms with Gasteiger partial charge in [0, 0.05) is 20.7 Å². The monoisotopic (exact) mass is 366 g/mol. The Morgan fingerprint density at radius 2 is 1.81 bits per heavy atom. The fraction of sp³-hybridized carbons (Fsp3) is 0.0667. The van der Waals surface area contributed by atoms with E-state index < -0.39 is 5.91 Å². The van der Waals surface area contributed by atoms with Crippen molar-refractivity contribution in [3.8, 4) is 0 Å². The second kappa shape index (κ2) is 6.74. The molecule has 3 N–H and O–H groups in total. The van der Waals surface area contributed by atoms with Gasteiger partial charge in [0.1, 0.15) is 0 Å². The highest BCUT2D eigenvalue weighted by atomic mass is 79.9.